The summed E-state index contributed by atoms with van der Waals surface area (Å²) >= 11 is 0. The van der Waals surface area contributed by atoms with E-state index in [2.05, 4.69) is 36.9 Å². The van der Waals surface area contributed by atoms with Crippen LogP contribution < -0.4 is 37.2 Å². The van der Waals surface area contributed by atoms with E-state index in [1.807, 2.05) is 41.7 Å². The Hall–Kier alpha value is -9.03. The van der Waals surface area contributed by atoms with Crippen LogP contribution in [0.5, 0.6) is 0 Å². The summed E-state index contributed by atoms with van der Waals surface area (Å²) in [5, 5.41) is 65.1. The van der Waals surface area contributed by atoms with Crippen LogP contribution in [-0.2, 0) is 51.3 Å². The van der Waals surface area contributed by atoms with Gasteiger partial charge in [0, 0.05) is 62.2 Å². The van der Waals surface area contributed by atoms with Crippen molar-refractivity contribution in [2.45, 2.75) is 101 Å². The molecule has 12 N–H and O–H groups in total. The van der Waals surface area contributed by atoms with E-state index >= 15 is 0 Å². The number of carbonyl (C=O) groups is 11. The fourth-order valence-electron chi connectivity index (χ4n) is 7.22. The van der Waals surface area contributed by atoms with Crippen LogP contribution in [0.3, 0.4) is 0 Å². The van der Waals surface area contributed by atoms with Gasteiger partial charge in [0.15, 0.2) is 0 Å². The third-order valence-corrected chi connectivity index (χ3v) is 11.2. The van der Waals surface area contributed by atoms with Gasteiger partial charge in [0.05, 0.1) is 0 Å². The summed E-state index contributed by atoms with van der Waals surface area (Å²) in [7, 11) is 0. The highest BCUT2D eigenvalue weighted by molar-refractivity contribution is 5.99. The van der Waals surface area contributed by atoms with Gasteiger partial charge in [-0.25, -0.2) is 19.4 Å². The molecular formula is C49H55FN8O16. The number of unbranched alkanes of at least 4 members (excludes halogenated alkanes) is 1. The molecule has 4 aromatic rings. The zero-order valence-electron chi connectivity index (χ0n) is 39.5. The number of benzene rings is 3. The maximum absolute atomic E-state index is 13.7. The second kappa shape index (κ2) is 28.7. The first kappa shape index (κ1) is 57.5. The Morgan fingerprint density at radius 2 is 1.01 bits per heavy atom. The molecule has 0 fully saturated rings. The molecule has 0 spiro atoms. The maximum Gasteiger partial charge on any atom is 0.326 e. The van der Waals surface area contributed by atoms with Gasteiger partial charge in [-0.3, -0.25) is 38.4 Å². The summed E-state index contributed by atoms with van der Waals surface area (Å²) in [5.74, 6) is -11.9. The van der Waals surface area contributed by atoms with Crippen molar-refractivity contribution in [1.29, 1.82) is 0 Å². The number of fused-ring (bicyclic) bond motifs is 1. The summed E-state index contributed by atoms with van der Waals surface area (Å²) < 4.78 is 13.7. The van der Waals surface area contributed by atoms with Crippen LogP contribution in [0.2, 0.25) is 0 Å². The molecule has 25 heteroatoms. The third-order valence-electron chi connectivity index (χ3n) is 11.2. The molecule has 74 heavy (non-hydrogen) atoms. The quantitative estimate of drug-likeness (QED) is 0.0261. The maximum atomic E-state index is 13.7. The molecule has 394 valence electrons. The van der Waals surface area contributed by atoms with Gasteiger partial charge in [0.2, 0.25) is 23.7 Å². The molecule has 1 aromatic heterocycles. The molecule has 24 nitrogen and oxygen atoms in total. The molecule has 5 unspecified atom stereocenters. The van der Waals surface area contributed by atoms with Crippen molar-refractivity contribution >= 4 is 76.2 Å². The van der Waals surface area contributed by atoms with Gasteiger partial charge in [-0.2, -0.15) is 4.39 Å². The van der Waals surface area contributed by atoms with Gasteiger partial charge >= 0.3 is 35.9 Å². The SMILES string of the molecule is O=C(O)CCC(NC(=O)NC(CCCCNC(=O)C(Cc1ccc2ccccc2c1)NC(=O)c1ccc(CNC(=O)C(CCC(=O)O)NC(=O)C(CCC(=O)O)NC(=O)c2ccnc(F)c2)cc1)C(=O)O)C(=O)O. The van der Waals surface area contributed by atoms with Gasteiger partial charge < -0.3 is 62.8 Å². The highest BCUT2D eigenvalue weighted by Gasteiger charge is 2.29. The Bertz CT molecular complexity index is 2710. The highest BCUT2D eigenvalue weighted by Crippen LogP contribution is 2.18. The Morgan fingerprint density at radius 3 is 1.61 bits per heavy atom. The number of hydrogen-bond donors (Lipinski definition) is 12. The van der Waals surface area contributed by atoms with Crippen LogP contribution in [0.1, 0.15) is 89.6 Å². The molecule has 7 amide bonds. The van der Waals surface area contributed by atoms with Gasteiger partial charge in [0.25, 0.3) is 11.8 Å². The number of aliphatic carboxylic acids is 5. The number of carbonyl (C=O) groups excluding carboxylic acids is 6. The monoisotopic (exact) mass is 1030 g/mol. The van der Waals surface area contributed by atoms with E-state index in [4.69, 9.17) is 5.11 Å². The van der Waals surface area contributed by atoms with Gasteiger partial charge in [-0.05, 0) is 78.6 Å². The first-order valence-corrected chi connectivity index (χ1v) is 23.0. The standard InChI is InChI=1S/C49H55FN8O16/c50-38-25-32(20-22-51-38)43(66)54-34(15-18-40(61)62)46(69)55-33(14-17-39(59)60)44(67)53-26-27-8-12-30(13-9-27)42(65)56-37(24-28-10-11-29-5-1-2-6-31(29)23-28)45(68)52-21-4-3-7-35(47(70)71)57-49(74)58-36(48(72)73)16-19-41(63)64/h1-2,5-6,8-13,20,22-23,25,33-37H,3-4,7,14-19,21,24,26H2,(H,52,68)(H,53,67)(H,54,66)(H,55,69)(H,56,65)(H,59,60)(H,61,62)(H,63,64)(H,70,71)(H,72,73)(H2,57,58,74). The fraction of sp³-hybridized carbons (Fsp3) is 0.347. The van der Waals surface area contributed by atoms with Crippen molar-refractivity contribution in [3.63, 3.8) is 0 Å². The summed E-state index contributed by atoms with van der Waals surface area (Å²) in [6.45, 7) is -0.161. The first-order valence-electron chi connectivity index (χ1n) is 23.0. The zero-order valence-corrected chi connectivity index (χ0v) is 39.5. The molecule has 0 bridgehead atoms. The molecule has 0 aliphatic carbocycles. The summed E-state index contributed by atoms with van der Waals surface area (Å²) in [4.78, 5) is 140. The predicted octanol–water partition coefficient (Wildman–Crippen LogP) is 1.70. The van der Waals surface area contributed by atoms with Crippen molar-refractivity contribution in [2.24, 2.45) is 0 Å². The van der Waals surface area contributed by atoms with Crippen LogP contribution in [0.25, 0.3) is 10.8 Å². The number of pyridine rings is 1. The van der Waals surface area contributed by atoms with E-state index in [0.29, 0.717) is 11.1 Å². The molecule has 0 saturated carbocycles. The lowest BCUT2D eigenvalue weighted by atomic mass is 10.0. The Balaban J connectivity index is 1.38. The largest absolute Gasteiger partial charge is 0.481 e. The summed E-state index contributed by atoms with van der Waals surface area (Å²) in [6, 6.07) is 12.5. The van der Waals surface area contributed by atoms with Crippen molar-refractivity contribution in [3.8, 4) is 0 Å². The molecule has 0 aliphatic heterocycles. The molecule has 1 heterocycles. The molecule has 3 aromatic carbocycles. The van der Waals surface area contributed by atoms with Crippen LogP contribution in [0, 0.1) is 5.95 Å². The number of aromatic nitrogens is 1. The highest BCUT2D eigenvalue weighted by atomic mass is 19.1. The topological polar surface area (TPSA) is 386 Å². The van der Waals surface area contributed by atoms with E-state index in [1.54, 1.807) is 6.07 Å². The average molecular weight is 1030 g/mol. The number of amides is 7. The van der Waals surface area contributed by atoms with Crippen molar-refractivity contribution < 1.29 is 82.7 Å². The first-order chi connectivity index (χ1) is 35.2. The molecule has 4 rings (SSSR count). The number of hydrogen-bond acceptors (Lipinski definition) is 12. The van der Waals surface area contributed by atoms with Crippen LogP contribution in [0.15, 0.2) is 85.1 Å². The Morgan fingerprint density at radius 1 is 0.486 bits per heavy atom. The number of nitrogens with zero attached hydrogens (tertiary/aromatic N) is 1. The predicted molar refractivity (Wildman–Crippen MR) is 257 cm³/mol. The number of nitrogens with one attached hydrogen (secondary N) is 7. The molecule has 0 aliphatic rings. The van der Waals surface area contributed by atoms with Gasteiger partial charge in [-0.15, -0.1) is 0 Å². The third kappa shape index (κ3) is 19.6. The summed E-state index contributed by atoms with van der Waals surface area (Å²) in [6.07, 6.45) is -1.69. The Labute approximate surface area is 420 Å². The van der Waals surface area contributed by atoms with Crippen LogP contribution in [0.4, 0.5) is 9.18 Å². The van der Waals surface area contributed by atoms with E-state index in [0.717, 1.165) is 29.1 Å². The lowest BCUT2D eigenvalue weighted by Crippen LogP contribution is -2.53. The van der Waals surface area contributed by atoms with E-state index in [9.17, 15) is 77.6 Å². The molecule has 5 atom stereocenters. The number of urea groups is 1. The fourth-order valence-corrected chi connectivity index (χ4v) is 7.22. The normalized spacial score (nSPS) is 12.8. The molecular weight excluding hydrogens is 976 g/mol. The minimum Gasteiger partial charge on any atom is -0.481 e. The summed E-state index contributed by atoms with van der Waals surface area (Å²) in [5.41, 5.74) is 1.03. The minimum atomic E-state index is -1.58. The molecule has 0 radical (unpaired) electrons. The van der Waals surface area contributed by atoms with E-state index in [-0.39, 0.29) is 49.9 Å². The average Bonchev–Trinajstić information content (AvgIpc) is 3.35. The van der Waals surface area contributed by atoms with Crippen molar-refractivity contribution in [1.82, 2.24) is 42.2 Å². The lowest BCUT2D eigenvalue weighted by Gasteiger charge is -2.23. The lowest BCUT2D eigenvalue weighted by molar-refractivity contribution is -0.141. The zero-order chi connectivity index (χ0) is 54.3. The van der Waals surface area contributed by atoms with Gasteiger partial charge in [0.1, 0.15) is 30.2 Å². The number of carboxylic acid groups (broad SMARTS) is 5. The van der Waals surface area contributed by atoms with Crippen LogP contribution >= 0.6 is 0 Å². The van der Waals surface area contributed by atoms with Crippen LogP contribution in [-0.4, -0.2) is 133 Å². The van der Waals surface area contributed by atoms with E-state index in [1.165, 1.54) is 24.3 Å². The second-order valence-corrected chi connectivity index (χ2v) is 16.8. The number of halogens is 1. The van der Waals surface area contributed by atoms with Crippen molar-refractivity contribution in [3.05, 3.63) is 113 Å². The smallest absolute Gasteiger partial charge is 0.326 e. The minimum absolute atomic E-state index is 0.0233. The Kier molecular flexibility index (Phi) is 22.3. The molecule has 0 saturated heterocycles. The van der Waals surface area contributed by atoms with Gasteiger partial charge in [-0.1, -0.05) is 54.6 Å². The number of rotatable bonds is 30. The van der Waals surface area contributed by atoms with Crippen molar-refractivity contribution in [2.75, 3.05) is 6.54 Å². The second-order valence-electron chi connectivity index (χ2n) is 16.8. The number of carboxylic acids is 5. The van der Waals surface area contributed by atoms with E-state index < -0.39 is 140 Å².